The molecule has 1 aromatic heterocycles. The van der Waals surface area contributed by atoms with Crippen LogP contribution in [0.15, 0.2) is 12.5 Å². The van der Waals surface area contributed by atoms with Gasteiger partial charge in [0.05, 0.1) is 6.33 Å². The minimum Gasteiger partial charge on any atom is -0.335 e. The first-order valence-electron chi connectivity index (χ1n) is 6.06. The molecular weight excluding hydrogens is 218 g/mol. The van der Waals surface area contributed by atoms with E-state index in [1.165, 1.54) is 37.1 Å². The zero-order valence-electron chi connectivity index (χ0n) is 10.2. The van der Waals surface area contributed by atoms with Gasteiger partial charge in [0.25, 0.3) is 0 Å². The summed E-state index contributed by atoms with van der Waals surface area (Å²) in [4.78, 5) is 4.17. The molecule has 0 aliphatic carbocycles. The summed E-state index contributed by atoms with van der Waals surface area (Å²) < 4.78 is 2.24. The molecule has 0 aromatic carbocycles. The second-order valence-electron chi connectivity index (χ2n) is 4.02. The number of nitrogens with two attached hydrogens (primary N) is 1. The summed E-state index contributed by atoms with van der Waals surface area (Å²) in [5.74, 6) is 1.30. The van der Waals surface area contributed by atoms with Gasteiger partial charge in [-0.1, -0.05) is 12.8 Å². The molecule has 0 saturated heterocycles. The fraction of sp³-hybridized carbons (Fsp3) is 0.750. The molecule has 0 aliphatic rings. The predicted octanol–water partition coefficient (Wildman–Crippen LogP) is 2.31. The van der Waals surface area contributed by atoms with Crippen LogP contribution in [0.3, 0.4) is 0 Å². The van der Waals surface area contributed by atoms with E-state index in [-0.39, 0.29) is 0 Å². The van der Waals surface area contributed by atoms with Gasteiger partial charge < -0.3 is 10.3 Å². The van der Waals surface area contributed by atoms with E-state index in [0.717, 1.165) is 13.0 Å². The molecule has 3 nitrogen and oxygen atoms in total. The lowest BCUT2D eigenvalue weighted by Gasteiger charge is -2.06. The van der Waals surface area contributed by atoms with Crippen LogP contribution in [0.5, 0.6) is 0 Å². The van der Waals surface area contributed by atoms with Crippen LogP contribution in [0.25, 0.3) is 0 Å². The first-order valence-corrected chi connectivity index (χ1v) is 7.46. The number of nitrogens with zero attached hydrogens (tertiary/aromatic N) is 2. The van der Waals surface area contributed by atoms with Crippen LogP contribution in [0, 0.1) is 0 Å². The van der Waals surface area contributed by atoms with Crippen molar-refractivity contribution in [3.63, 3.8) is 0 Å². The molecule has 2 N–H and O–H groups in total. The molecule has 0 radical (unpaired) electrons. The van der Waals surface area contributed by atoms with Gasteiger partial charge in [0.2, 0.25) is 0 Å². The monoisotopic (exact) mass is 241 g/mol. The van der Waals surface area contributed by atoms with Crippen LogP contribution in [-0.2, 0) is 13.0 Å². The Kier molecular flexibility index (Phi) is 7.34. The van der Waals surface area contributed by atoms with Crippen LogP contribution >= 0.6 is 11.8 Å². The molecular formula is C12H23N3S. The van der Waals surface area contributed by atoms with E-state index in [1.807, 2.05) is 24.3 Å². The van der Waals surface area contributed by atoms with E-state index in [0.29, 0.717) is 6.54 Å². The molecule has 16 heavy (non-hydrogen) atoms. The van der Waals surface area contributed by atoms with Crippen LogP contribution in [0.4, 0.5) is 0 Å². The molecule has 4 heteroatoms. The highest BCUT2D eigenvalue weighted by molar-refractivity contribution is 7.98. The molecule has 0 atom stereocenters. The highest BCUT2D eigenvalue weighted by atomic mass is 32.2. The third-order valence-corrected chi connectivity index (χ3v) is 3.39. The Balaban J connectivity index is 2.13. The van der Waals surface area contributed by atoms with Gasteiger partial charge >= 0.3 is 0 Å². The summed E-state index contributed by atoms with van der Waals surface area (Å²) in [7, 11) is 0. The van der Waals surface area contributed by atoms with Gasteiger partial charge in [-0.2, -0.15) is 11.8 Å². The Morgan fingerprint density at radius 2 is 2.12 bits per heavy atom. The van der Waals surface area contributed by atoms with Gasteiger partial charge in [-0.25, -0.2) is 4.98 Å². The largest absolute Gasteiger partial charge is 0.335 e. The first-order chi connectivity index (χ1) is 7.88. The molecule has 1 rings (SSSR count). The van der Waals surface area contributed by atoms with Gasteiger partial charge in [0.1, 0.15) is 0 Å². The van der Waals surface area contributed by atoms with Crippen LogP contribution in [0.2, 0.25) is 0 Å². The van der Waals surface area contributed by atoms with Gasteiger partial charge in [0, 0.05) is 24.9 Å². The fourth-order valence-electron chi connectivity index (χ4n) is 1.79. The third kappa shape index (κ3) is 5.03. The highest BCUT2D eigenvalue weighted by Gasteiger charge is 2.00. The quantitative estimate of drug-likeness (QED) is 0.675. The lowest BCUT2D eigenvalue weighted by Crippen LogP contribution is -2.08. The van der Waals surface area contributed by atoms with Gasteiger partial charge in [-0.3, -0.25) is 0 Å². The smallest absolute Gasteiger partial charge is 0.0948 e. The number of imidazole rings is 1. The van der Waals surface area contributed by atoms with Crippen molar-refractivity contribution in [2.45, 2.75) is 38.6 Å². The summed E-state index contributed by atoms with van der Waals surface area (Å²) in [5, 5.41) is 0. The molecule has 92 valence electrons. The Hall–Kier alpha value is -0.480. The molecule has 0 spiro atoms. The lowest BCUT2D eigenvalue weighted by atomic mass is 10.2. The molecule has 0 fully saturated rings. The minimum atomic E-state index is 0.708. The minimum absolute atomic E-state index is 0.708. The summed E-state index contributed by atoms with van der Waals surface area (Å²) in [6.45, 7) is 1.80. The zero-order chi connectivity index (χ0) is 11.6. The van der Waals surface area contributed by atoms with Crippen molar-refractivity contribution in [1.29, 1.82) is 0 Å². The molecule has 0 bridgehead atoms. The number of hydrogen-bond acceptors (Lipinski definition) is 3. The van der Waals surface area contributed by atoms with Crippen molar-refractivity contribution in [1.82, 2.24) is 9.55 Å². The van der Waals surface area contributed by atoms with Crippen LogP contribution in [0.1, 0.15) is 31.4 Å². The zero-order valence-corrected chi connectivity index (χ0v) is 11.0. The second kappa shape index (κ2) is 8.65. The topological polar surface area (TPSA) is 43.8 Å². The van der Waals surface area contributed by atoms with E-state index in [1.54, 1.807) is 0 Å². The normalized spacial score (nSPS) is 10.9. The van der Waals surface area contributed by atoms with Crippen molar-refractivity contribution in [3.05, 3.63) is 18.2 Å². The maximum Gasteiger partial charge on any atom is 0.0948 e. The standard InChI is InChI=1S/C12H23N3S/c1-16-9-5-3-2-4-8-15-11-14-10-12(15)6-7-13/h10-11H,2-9,13H2,1H3. The number of rotatable bonds is 9. The highest BCUT2D eigenvalue weighted by Crippen LogP contribution is 2.07. The third-order valence-electron chi connectivity index (χ3n) is 2.70. The number of unbranched alkanes of at least 4 members (excludes halogenated alkanes) is 3. The number of thioether (sulfide) groups is 1. The molecule has 0 saturated carbocycles. The molecule has 1 aromatic rings. The van der Waals surface area contributed by atoms with E-state index in [2.05, 4.69) is 15.8 Å². The number of hydrogen-bond donors (Lipinski definition) is 1. The SMILES string of the molecule is CSCCCCCCn1cncc1CCN. The van der Waals surface area contributed by atoms with Crippen molar-refractivity contribution in [3.8, 4) is 0 Å². The average molecular weight is 241 g/mol. The Morgan fingerprint density at radius 3 is 2.88 bits per heavy atom. The van der Waals surface area contributed by atoms with Crippen molar-refractivity contribution in [2.24, 2.45) is 5.73 Å². The van der Waals surface area contributed by atoms with E-state index >= 15 is 0 Å². The maximum absolute atomic E-state index is 5.55. The summed E-state index contributed by atoms with van der Waals surface area (Å²) in [6.07, 6.45) is 12.2. The van der Waals surface area contributed by atoms with Gasteiger partial charge in [-0.15, -0.1) is 0 Å². The van der Waals surface area contributed by atoms with E-state index in [9.17, 15) is 0 Å². The number of aromatic nitrogens is 2. The Bertz CT molecular complexity index is 273. The molecule has 0 aliphatic heterocycles. The fourth-order valence-corrected chi connectivity index (χ4v) is 2.28. The molecule has 1 heterocycles. The summed E-state index contributed by atoms with van der Waals surface area (Å²) in [6, 6.07) is 0. The van der Waals surface area contributed by atoms with Crippen LogP contribution in [-0.4, -0.2) is 28.1 Å². The predicted molar refractivity (Wildman–Crippen MR) is 71.8 cm³/mol. The average Bonchev–Trinajstić information content (AvgIpc) is 2.72. The number of aryl methyl sites for hydroxylation is 1. The van der Waals surface area contributed by atoms with E-state index in [4.69, 9.17) is 5.73 Å². The van der Waals surface area contributed by atoms with Crippen molar-refractivity contribution in [2.75, 3.05) is 18.6 Å². The second-order valence-corrected chi connectivity index (χ2v) is 5.01. The van der Waals surface area contributed by atoms with E-state index < -0.39 is 0 Å². The Labute approximate surface area is 103 Å². The molecule has 0 unspecified atom stereocenters. The Morgan fingerprint density at radius 1 is 1.31 bits per heavy atom. The van der Waals surface area contributed by atoms with Crippen molar-refractivity contribution >= 4 is 11.8 Å². The summed E-state index contributed by atoms with van der Waals surface area (Å²) in [5.41, 5.74) is 6.82. The maximum atomic E-state index is 5.55. The molecule has 0 amide bonds. The first kappa shape index (κ1) is 13.6. The van der Waals surface area contributed by atoms with Gasteiger partial charge in [-0.05, 0) is 31.4 Å². The van der Waals surface area contributed by atoms with Gasteiger partial charge in [0.15, 0.2) is 0 Å². The summed E-state index contributed by atoms with van der Waals surface area (Å²) >= 11 is 1.94. The van der Waals surface area contributed by atoms with Crippen molar-refractivity contribution < 1.29 is 0 Å². The lowest BCUT2D eigenvalue weighted by molar-refractivity contribution is 0.569. The van der Waals surface area contributed by atoms with Crippen LogP contribution < -0.4 is 5.73 Å².